The zero-order valence-corrected chi connectivity index (χ0v) is 64.2. The summed E-state index contributed by atoms with van der Waals surface area (Å²) in [6, 6.07) is 29.3. The first-order valence-electron chi connectivity index (χ1n) is 36.1. The van der Waals surface area contributed by atoms with Gasteiger partial charge < -0.3 is 91.7 Å². The lowest BCUT2D eigenvalue weighted by Crippen LogP contribution is -2.37. The summed E-state index contributed by atoms with van der Waals surface area (Å²) in [5.74, 6) is 3.61. The standard InChI is InChI=1S/2C26H29BrN6O3.C25H27BrN6O3/c2*1-13(2)31-24-16-5-6-33(25(16)30-12-29-24)19-9-26(22(35)21(19)34)10-20(36-11-26)15-4-3-14-7-17(27)23(28)32-18(14)8-15;1-2-28-23-15-5-6-32(24(15)30-12-29-23)18-9-25(21(34)20(18)33)10-19(35-11-25)14-4-3-13-7-16(26)22(27)31-17(13)8-14/h2*3-8,12-13,19-22,34-35H,9-11H2,1-2H3,(H2,28,32)(H,29,30,31);3-8,12,18-21,33-34H,2,9-11H2,1H3,(H2,27,31)(H,28,29,30)/t19-,20+,21+,22+,26-;19-,20-,21+,22+,26-;18-,19+,20+,21+,25-/m111/s1. The lowest BCUT2D eigenvalue weighted by molar-refractivity contribution is -0.0309. The number of halogens is 3. The number of nitrogens with zero attached hydrogens (tertiary/aromatic N) is 12. The Balaban J connectivity index is 0.000000123. The molecule has 3 aliphatic carbocycles. The molecule has 6 aliphatic rings. The lowest BCUT2D eigenvalue weighted by atomic mass is 9.80. The van der Waals surface area contributed by atoms with Gasteiger partial charge in [-0.05, 0) is 192 Å². The van der Waals surface area contributed by atoms with Crippen LogP contribution >= 0.6 is 47.8 Å². The Kier molecular flexibility index (Phi) is 19.4. The maximum atomic E-state index is 11.2. The van der Waals surface area contributed by atoms with Crippen LogP contribution in [-0.2, 0) is 14.2 Å². The summed E-state index contributed by atoms with van der Waals surface area (Å²) >= 11 is 10.3. The van der Waals surface area contributed by atoms with Gasteiger partial charge in [0.1, 0.15) is 89.1 Å². The fraction of sp³-hybridized carbons (Fsp3) is 0.416. The molecule has 107 heavy (non-hydrogen) atoms. The van der Waals surface area contributed by atoms with Crippen molar-refractivity contribution in [3.05, 3.63) is 159 Å². The van der Waals surface area contributed by atoms with Crippen LogP contribution in [0.5, 0.6) is 0 Å². The first-order valence-corrected chi connectivity index (χ1v) is 38.5. The second-order valence-electron chi connectivity index (χ2n) is 30.3. The monoisotopic (exact) mass is 1640 g/mol. The Morgan fingerprint density at radius 2 is 0.748 bits per heavy atom. The van der Waals surface area contributed by atoms with Crippen molar-refractivity contribution in [1.29, 1.82) is 0 Å². The predicted molar refractivity (Wildman–Crippen MR) is 420 cm³/mol. The van der Waals surface area contributed by atoms with E-state index >= 15 is 0 Å². The molecule has 3 aromatic carbocycles. The molecule has 3 saturated carbocycles. The molecule has 12 aromatic rings. The highest BCUT2D eigenvalue weighted by atomic mass is 79.9. The lowest BCUT2D eigenvalue weighted by Gasteiger charge is -2.26. The number of hydrogen-bond acceptors (Lipinski definition) is 24. The van der Waals surface area contributed by atoms with Crippen molar-refractivity contribution in [2.24, 2.45) is 16.2 Å². The quantitative estimate of drug-likeness (QED) is 0.0540. The van der Waals surface area contributed by atoms with Gasteiger partial charge in [0.05, 0.1) is 121 Å². The number of anilines is 6. The molecule has 0 unspecified atom stereocenters. The minimum absolute atomic E-state index is 0.198. The third-order valence-electron chi connectivity index (χ3n) is 22.8. The third-order valence-corrected chi connectivity index (χ3v) is 24.7. The molecular weight excluding hydrogens is 1560 g/mol. The largest absolute Gasteiger partial charge is 0.390 e. The van der Waals surface area contributed by atoms with Gasteiger partial charge >= 0.3 is 0 Å². The maximum absolute atomic E-state index is 11.2. The molecule has 6 fully saturated rings. The van der Waals surface area contributed by atoms with Gasteiger partial charge in [0.15, 0.2) is 0 Å². The van der Waals surface area contributed by atoms with Gasteiger partial charge in [-0.1, -0.05) is 36.4 Å². The number of pyridine rings is 3. The van der Waals surface area contributed by atoms with Crippen molar-refractivity contribution < 1.29 is 44.8 Å². The van der Waals surface area contributed by atoms with E-state index < -0.39 is 52.9 Å². The highest BCUT2D eigenvalue weighted by Gasteiger charge is 2.60. The van der Waals surface area contributed by atoms with E-state index in [1.807, 2.05) is 130 Å². The van der Waals surface area contributed by atoms with E-state index in [2.05, 4.69) is 136 Å². The molecule has 3 saturated heterocycles. The summed E-state index contributed by atoms with van der Waals surface area (Å²) in [6.07, 6.45) is 7.80. The second-order valence-corrected chi connectivity index (χ2v) is 32.9. The first-order chi connectivity index (χ1) is 51.4. The molecule has 9 aromatic heterocycles. The number of ether oxygens (including phenoxy) is 3. The van der Waals surface area contributed by atoms with E-state index in [0.29, 0.717) is 75.8 Å². The van der Waals surface area contributed by atoms with Crippen LogP contribution in [-0.4, -0.2) is 164 Å². The van der Waals surface area contributed by atoms with Crippen LogP contribution in [0.15, 0.2) is 142 Å². The molecule has 12 heterocycles. The van der Waals surface area contributed by atoms with Crippen LogP contribution in [0.2, 0.25) is 0 Å². The summed E-state index contributed by atoms with van der Waals surface area (Å²) in [5, 5.41) is 82.8. The number of nitrogens with one attached hydrogen (secondary N) is 3. The molecule has 3 aliphatic heterocycles. The van der Waals surface area contributed by atoms with Crippen LogP contribution in [0.3, 0.4) is 0 Å². The smallest absolute Gasteiger partial charge is 0.145 e. The van der Waals surface area contributed by atoms with Crippen molar-refractivity contribution in [1.82, 2.24) is 58.6 Å². The van der Waals surface area contributed by atoms with E-state index in [9.17, 15) is 30.6 Å². The minimum Gasteiger partial charge on any atom is -0.390 e. The van der Waals surface area contributed by atoms with Crippen molar-refractivity contribution >= 4 is 149 Å². The number of aliphatic hydroxyl groups excluding tert-OH is 6. The third kappa shape index (κ3) is 13.1. The highest BCUT2D eigenvalue weighted by Crippen LogP contribution is 2.58. The van der Waals surface area contributed by atoms with E-state index in [-0.39, 0.29) is 48.5 Å². The molecule has 30 heteroatoms. The second kappa shape index (κ2) is 28.6. The number of fused-ring (bicyclic) bond motifs is 6. The Hall–Kier alpha value is -8.37. The van der Waals surface area contributed by atoms with Gasteiger partial charge in [-0.3, -0.25) is 0 Å². The SMILES string of the molecule is CC(C)Nc1ncnc2c1ccn2[C@@H]1C[C@@]2(CO[C@@H](c3ccc4cc(Br)c(N)nc4c3)C2)[C@@H](O)[C@H]1O.CC(C)Nc1ncnc2c1ccn2[C@@H]1C[C@@]2(CO[C@H](c3ccc4cc(Br)c(N)nc4c3)C2)[C@@H](O)[C@H]1O.CCNc1ncnc2c1ccn2[C@@H]1C[C@@]2(CO[C@H](c3ccc4cc(Br)c(N)nc4c3)C2)[C@@H](O)[C@H]1O. The molecular formula is C77H85Br3N18O9. The number of aliphatic hydroxyl groups is 6. The highest BCUT2D eigenvalue weighted by molar-refractivity contribution is 9.11. The number of aromatic nitrogens is 12. The first kappa shape index (κ1) is 72.8. The van der Waals surface area contributed by atoms with Crippen LogP contribution < -0.4 is 33.2 Å². The van der Waals surface area contributed by atoms with E-state index in [1.54, 1.807) is 0 Å². The Bertz CT molecular complexity index is 5160. The number of benzene rings is 3. The summed E-state index contributed by atoms with van der Waals surface area (Å²) in [4.78, 5) is 40.0. The normalized spacial score (nSPS) is 28.3. The molecule has 0 bridgehead atoms. The fourth-order valence-electron chi connectivity index (χ4n) is 17.4. The molecule has 558 valence electrons. The Morgan fingerprint density at radius 3 is 1.06 bits per heavy atom. The topological polar surface area (TPSA) is 394 Å². The van der Waals surface area contributed by atoms with E-state index in [0.717, 1.165) is 120 Å². The van der Waals surface area contributed by atoms with Crippen molar-refractivity contribution in [2.75, 3.05) is 59.5 Å². The molecule has 15 atom stereocenters. The molecule has 3 spiro atoms. The van der Waals surface area contributed by atoms with Gasteiger partial charge in [0, 0.05) is 69.6 Å². The zero-order chi connectivity index (χ0) is 74.7. The van der Waals surface area contributed by atoms with Crippen molar-refractivity contribution in [2.45, 2.75) is 158 Å². The summed E-state index contributed by atoms with van der Waals surface area (Å²) < 4.78 is 26.9. The summed E-state index contributed by atoms with van der Waals surface area (Å²) in [5.41, 5.74) is 23.9. The zero-order valence-electron chi connectivity index (χ0n) is 59.4. The average Bonchev–Trinajstić information content (AvgIpc) is 1.59. The Morgan fingerprint density at radius 1 is 0.439 bits per heavy atom. The number of nitrogens with two attached hydrogens (primary N) is 3. The van der Waals surface area contributed by atoms with Crippen LogP contribution in [0.1, 0.15) is 126 Å². The van der Waals surface area contributed by atoms with Gasteiger partial charge in [-0.25, -0.2) is 44.9 Å². The Labute approximate surface area is 640 Å². The number of rotatable bonds is 12. The maximum Gasteiger partial charge on any atom is 0.145 e. The van der Waals surface area contributed by atoms with E-state index in [1.165, 1.54) is 19.0 Å². The fourth-order valence-corrected chi connectivity index (χ4v) is 18.4. The molecule has 0 amide bonds. The van der Waals surface area contributed by atoms with Gasteiger partial charge in [-0.15, -0.1) is 0 Å². The minimum atomic E-state index is -0.935. The molecule has 0 radical (unpaired) electrons. The van der Waals surface area contributed by atoms with Crippen LogP contribution in [0, 0.1) is 16.2 Å². The predicted octanol–water partition coefficient (Wildman–Crippen LogP) is 11.5. The van der Waals surface area contributed by atoms with E-state index in [4.69, 9.17) is 31.4 Å². The average molecular weight is 1650 g/mol. The van der Waals surface area contributed by atoms with Crippen LogP contribution in [0.4, 0.5) is 34.9 Å². The molecule has 18 rings (SSSR count). The van der Waals surface area contributed by atoms with Crippen LogP contribution in [0.25, 0.3) is 65.8 Å². The number of nitrogen functional groups attached to an aromatic ring is 3. The van der Waals surface area contributed by atoms with Gasteiger partial charge in [0.25, 0.3) is 0 Å². The number of hydrogen-bond donors (Lipinski definition) is 12. The van der Waals surface area contributed by atoms with Crippen molar-refractivity contribution in [3.8, 4) is 0 Å². The summed E-state index contributed by atoms with van der Waals surface area (Å²) in [7, 11) is 0. The molecule has 15 N–H and O–H groups in total. The van der Waals surface area contributed by atoms with Gasteiger partial charge in [-0.2, -0.15) is 0 Å². The molecule has 27 nitrogen and oxygen atoms in total. The summed E-state index contributed by atoms with van der Waals surface area (Å²) in [6.45, 7) is 12.1. The van der Waals surface area contributed by atoms with Crippen molar-refractivity contribution in [3.63, 3.8) is 0 Å². The van der Waals surface area contributed by atoms with Gasteiger partial charge in [0.2, 0.25) is 0 Å².